The highest BCUT2D eigenvalue weighted by Crippen LogP contribution is 2.19. The third-order valence-corrected chi connectivity index (χ3v) is 4.81. The van der Waals surface area contributed by atoms with Crippen LogP contribution in [0.4, 0.5) is 4.39 Å². The van der Waals surface area contributed by atoms with Gasteiger partial charge in [0.15, 0.2) is 9.84 Å². The Kier molecular flexibility index (Phi) is 6.10. The largest absolute Gasteiger partial charge is 0.469 e. The van der Waals surface area contributed by atoms with E-state index < -0.39 is 33.6 Å². The summed E-state index contributed by atoms with van der Waals surface area (Å²) in [5.74, 6) is -1.56. The zero-order valence-corrected chi connectivity index (χ0v) is 15.0. The van der Waals surface area contributed by atoms with E-state index in [-0.39, 0.29) is 16.9 Å². The minimum Gasteiger partial charge on any atom is -0.469 e. The molecule has 6 nitrogen and oxygen atoms in total. The van der Waals surface area contributed by atoms with Crippen LogP contribution in [0, 0.1) is 5.82 Å². The molecule has 0 saturated carbocycles. The standard InChI is InChI=1S/C18H18FNO5S/c1-25-17(21)11-16(12-6-8-14(19)9-7-12)20-18(22)13-4-3-5-15(10-13)26(2,23)24/h3-10,16H,11H2,1-2H3,(H,20,22)/t16-/m0/s1. The van der Waals surface area contributed by atoms with Crippen molar-refractivity contribution in [1.82, 2.24) is 5.32 Å². The maximum Gasteiger partial charge on any atom is 0.307 e. The number of halogens is 1. The lowest BCUT2D eigenvalue weighted by Crippen LogP contribution is -2.30. The Hall–Kier alpha value is -2.74. The monoisotopic (exact) mass is 379 g/mol. The van der Waals surface area contributed by atoms with Crippen LogP contribution in [-0.2, 0) is 19.4 Å². The number of rotatable bonds is 6. The van der Waals surface area contributed by atoms with E-state index in [0.29, 0.717) is 5.56 Å². The second-order valence-corrected chi connectivity index (χ2v) is 7.67. The summed E-state index contributed by atoms with van der Waals surface area (Å²) < 4.78 is 41.0. The predicted molar refractivity (Wildman–Crippen MR) is 92.8 cm³/mol. The molecule has 1 amide bonds. The summed E-state index contributed by atoms with van der Waals surface area (Å²) >= 11 is 0. The van der Waals surface area contributed by atoms with E-state index in [1.54, 1.807) is 0 Å². The topological polar surface area (TPSA) is 89.5 Å². The van der Waals surface area contributed by atoms with Gasteiger partial charge in [0.25, 0.3) is 5.91 Å². The Labute approximate surface area is 150 Å². The van der Waals surface area contributed by atoms with Crippen molar-refractivity contribution in [2.45, 2.75) is 17.4 Å². The lowest BCUT2D eigenvalue weighted by atomic mass is 10.0. The summed E-state index contributed by atoms with van der Waals surface area (Å²) in [6.07, 6.45) is 0.891. The van der Waals surface area contributed by atoms with Gasteiger partial charge < -0.3 is 10.1 Å². The van der Waals surface area contributed by atoms with Gasteiger partial charge in [-0.1, -0.05) is 18.2 Å². The third kappa shape index (κ3) is 5.13. The first-order chi connectivity index (χ1) is 12.2. The van der Waals surface area contributed by atoms with Gasteiger partial charge in [-0.25, -0.2) is 12.8 Å². The highest BCUT2D eigenvalue weighted by Gasteiger charge is 2.20. The van der Waals surface area contributed by atoms with Gasteiger partial charge in [-0.2, -0.15) is 0 Å². The molecule has 0 aliphatic carbocycles. The number of hydrogen-bond donors (Lipinski definition) is 1. The fourth-order valence-corrected chi connectivity index (χ4v) is 2.97. The van der Waals surface area contributed by atoms with Gasteiger partial charge in [0.1, 0.15) is 5.82 Å². The molecule has 1 atom stereocenters. The van der Waals surface area contributed by atoms with Crippen LogP contribution in [0.3, 0.4) is 0 Å². The molecule has 0 aliphatic rings. The highest BCUT2D eigenvalue weighted by molar-refractivity contribution is 7.90. The van der Waals surface area contributed by atoms with Gasteiger partial charge in [0, 0.05) is 11.8 Å². The Balaban J connectivity index is 2.28. The van der Waals surface area contributed by atoms with E-state index in [9.17, 15) is 22.4 Å². The molecule has 0 aromatic heterocycles. The first-order valence-corrected chi connectivity index (χ1v) is 9.53. The number of amides is 1. The molecule has 0 radical (unpaired) electrons. The summed E-state index contributed by atoms with van der Waals surface area (Å²) in [5, 5.41) is 2.66. The molecule has 0 bridgehead atoms. The van der Waals surface area contributed by atoms with Crippen LogP contribution < -0.4 is 5.32 Å². The van der Waals surface area contributed by atoms with Gasteiger partial charge in [-0.05, 0) is 35.9 Å². The molecule has 138 valence electrons. The Morgan fingerprint density at radius 3 is 2.38 bits per heavy atom. The van der Waals surface area contributed by atoms with Crippen LogP contribution in [-0.4, -0.2) is 33.7 Å². The van der Waals surface area contributed by atoms with Gasteiger partial charge in [-0.3, -0.25) is 9.59 Å². The summed E-state index contributed by atoms with van der Waals surface area (Å²) in [6, 6.07) is 10.2. The predicted octanol–water partition coefficient (Wildman–Crippen LogP) is 2.26. The number of carbonyl (C=O) groups excluding carboxylic acids is 2. The number of nitrogens with one attached hydrogen (secondary N) is 1. The summed E-state index contributed by atoms with van der Waals surface area (Å²) in [4.78, 5) is 24.2. The molecule has 0 unspecified atom stereocenters. The molecule has 26 heavy (non-hydrogen) atoms. The molecule has 2 aromatic carbocycles. The summed E-state index contributed by atoms with van der Waals surface area (Å²) in [6.45, 7) is 0. The number of ether oxygens (including phenoxy) is 1. The van der Waals surface area contributed by atoms with E-state index in [2.05, 4.69) is 10.1 Å². The fourth-order valence-electron chi connectivity index (χ4n) is 2.31. The van der Waals surface area contributed by atoms with Gasteiger partial charge >= 0.3 is 5.97 Å². The maximum atomic E-state index is 13.1. The average molecular weight is 379 g/mol. The van der Waals surface area contributed by atoms with Crippen LogP contribution in [0.15, 0.2) is 53.4 Å². The number of methoxy groups -OCH3 is 1. The van der Waals surface area contributed by atoms with Crippen LogP contribution in [0.5, 0.6) is 0 Å². The van der Waals surface area contributed by atoms with E-state index in [0.717, 1.165) is 6.26 Å². The highest BCUT2D eigenvalue weighted by atomic mass is 32.2. The van der Waals surface area contributed by atoms with Crippen molar-refractivity contribution >= 4 is 21.7 Å². The minimum absolute atomic E-state index is 0.0106. The average Bonchev–Trinajstić information content (AvgIpc) is 2.61. The minimum atomic E-state index is -3.46. The van der Waals surface area contributed by atoms with E-state index >= 15 is 0 Å². The normalized spacial score (nSPS) is 12.3. The number of esters is 1. The quantitative estimate of drug-likeness (QED) is 0.778. The zero-order valence-electron chi connectivity index (χ0n) is 14.2. The molecule has 2 aromatic rings. The third-order valence-electron chi connectivity index (χ3n) is 3.70. The van der Waals surface area contributed by atoms with Crippen molar-refractivity contribution in [3.8, 4) is 0 Å². The first kappa shape index (κ1) is 19.6. The molecular formula is C18H18FNO5S. The molecule has 0 fully saturated rings. The summed E-state index contributed by atoms with van der Waals surface area (Å²) in [7, 11) is -2.24. The van der Waals surface area contributed by atoms with Gasteiger partial charge in [0.2, 0.25) is 0 Å². The number of benzene rings is 2. The molecule has 0 heterocycles. The van der Waals surface area contributed by atoms with E-state index in [1.807, 2.05) is 0 Å². The number of hydrogen-bond acceptors (Lipinski definition) is 5. The lowest BCUT2D eigenvalue weighted by Gasteiger charge is -2.18. The Morgan fingerprint density at radius 2 is 1.81 bits per heavy atom. The van der Waals surface area contributed by atoms with Crippen LogP contribution in [0.1, 0.15) is 28.4 Å². The number of carbonyl (C=O) groups is 2. The molecule has 8 heteroatoms. The van der Waals surface area contributed by atoms with Crippen molar-refractivity contribution in [2.75, 3.05) is 13.4 Å². The van der Waals surface area contributed by atoms with E-state index in [1.165, 1.54) is 55.6 Å². The van der Waals surface area contributed by atoms with Crippen LogP contribution in [0.25, 0.3) is 0 Å². The van der Waals surface area contributed by atoms with Crippen molar-refractivity contribution in [2.24, 2.45) is 0 Å². The van der Waals surface area contributed by atoms with Crippen molar-refractivity contribution < 1.29 is 27.1 Å². The van der Waals surface area contributed by atoms with Crippen molar-refractivity contribution in [3.05, 3.63) is 65.5 Å². The Morgan fingerprint density at radius 1 is 1.15 bits per heavy atom. The molecule has 2 rings (SSSR count). The SMILES string of the molecule is COC(=O)C[C@H](NC(=O)c1cccc(S(C)(=O)=O)c1)c1ccc(F)cc1. The zero-order chi connectivity index (χ0) is 19.3. The molecule has 0 saturated heterocycles. The van der Waals surface area contributed by atoms with Crippen molar-refractivity contribution in [1.29, 1.82) is 0 Å². The van der Waals surface area contributed by atoms with Crippen LogP contribution in [0.2, 0.25) is 0 Å². The fraction of sp³-hybridized carbons (Fsp3) is 0.222. The summed E-state index contributed by atoms with van der Waals surface area (Å²) in [5.41, 5.74) is 0.648. The van der Waals surface area contributed by atoms with Crippen LogP contribution >= 0.6 is 0 Å². The molecule has 0 spiro atoms. The van der Waals surface area contributed by atoms with Gasteiger partial charge in [-0.15, -0.1) is 0 Å². The van der Waals surface area contributed by atoms with Crippen molar-refractivity contribution in [3.63, 3.8) is 0 Å². The first-order valence-electron chi connectivity index (χ1n) is 7.64. The molecular weight excluding hydrogens is 361 g/mol. The second kappa shape index (κ2) is 8.09. The Bertz CT molecular complexity index is 909. The van der Waals surface area contributed by atoms with E-state index in [4.69, 9.17) is 0 Å². The second-order valence-electron chi connectivity index (χ2n) is 5.66. The smallest absolute Gasteiger partial charge is 0.307 e. The lowest BCUT2D eigenvalue weighted by molar-refractivity contribution is -0.141. The number of sulfone groups is 1. The van der Waals surface area contributed by atoms with Gasteiger partial charge in [0.05, 0.1) is 24.5 Å². The molecule has 0 aliphatic heterocycles. The maximum absolute atomic E-state index is 13.1. The molecule has 1 N–H and O–H groups in total.